The van der Waals surface area contributed by atoms with E-state index in [0.717, 1.165) is 21.9 Å². The van der Waals surface area contributed by atoms with Crippen LogP contribution in [0.3, 0.4) is 0 Å². The average molecular weight is 646 g/mol. The van der Waals surface area contributed by atoms with E-state index in [0.29, 0.717) is 18.7 Å². The van der Waals surface area contributed by atoms with Crippen molar-refractivity contribution < 1.29 is 32.2 Å². The molecule has 0 aromatic heterocycles. The Bertz CT molecular complexity index is 1570. The van der Waals surface area contributed by atoms with E-state index in [1.54, 1.807) is 6.07 Å². The van der Waals surface area contributed by atoms with Gasteiger partial charge < -0.3 is 24.4 Å². The van der Waals surface area contributed by atoms with Crippen molar-refractivity contribution in [2.75, 3.05) is 38.7 Å². The summed E-state index contributed by atoms with van der Waals surface area (Å²) in [6.45, 7) is 5.58. The van der Waals surface area contributed by atoms with Gasteiger partial charge in [0.25, 0.3) is 10.0 Å². The zero-order valence-electron chi connectivity index (χ0n) is 25.9. The van der Waals surface area contributed by atoms with Gasteiger partial charge in [-0.1, -0.05) is 55.3 Å². The van der Waals surface area contributed by atoms with Crippen LogP contribution in [0.15, 0.2) is 65.6 Å². The Kier molecular flexibility index (Phi) is 12.3. The predicted octanol–water partition coefficient (Wildman–Crippen LogP) is 5.20. The highest BCUT2D eigenvalue weighted by molar-refractivity contribution is 7.92. The van der Waals surface area contributed by atoms with Crippen LogP contribution in [-0.2, 0) is 26.2 Å². The zero-order valence-corrected chi connectivity index (χ0v) is 27.5. The van der Waals surface area contributed by atoms with Crippen LogP contribution in [-0.4, -0.2) is 65.6 Å². The van der Waals surface area contributed by atoms with Gasteiger partial charge in [-0.15, -0.1) is 0 Å². The van der Waals surface area contributed by atoms with E-state index in [2.05, 4.69) is 5.32 Å². The number of halogens is 1. The third-order valence-corrected chi connectivity index (χ3v) is 8.99. The summed E-state index contributed by atoms with van der Waals surface area (Å²) in [6.07, 6.45) is 1.04. The first kappa shape index (κ1) is 34.5. The number of aryl methyl sites for hydroxylation is 1. The van der Waals surface area contributed by atoms with Crippen molar-refractivity contribution in [3.63, 3.8) is 0 Å². The van der Waals surface area contributed by atoms with Gasteiger partial charge in [-0.3, -0.25) is 13.9 Å². The molecule has 0 saturated carbocycles. The van der Waals surface area contributed by atoms with E-state index in [1.807, 2.05) is 45.0 Å². The third-order valence-electron chi connectivity index (χ3n) is 7.00. The number of amides is 2. The molecule has 3 aromatic rings. The maximum Gasteiger partial charge on any atom is 0.265 e. The maximum atomic E-state index is 14.3. The van der Waals surface area contributed by atoms with Gasteiger partial charge in [0.05, 0.1) is 31.9 Å². The zero-order chi connectivity index (χ0) is 32.4. The van der Waals surface area contributed by atoms with Crippen molar-refractivity contribution in [3.8, 4) is 17.2 Å². The van der Waals surface area contributed by atoms with Crippen molar-refractivity contribution >= 4 is 39.1 Å². The normalized spacial score (nSPS) is 11.8. The number of sulfonamides is 1. The van der Waals surface area contributed by atoms with Gasteiger partial charge in [0.2, 0.25) is 11.8 Å². The fourth-order valence-electron chi connectivity index (χ4n) is 4.77. The highest BCUT2D eigenvalue weighted by atomic mass is 35.5. The molecule has 0 saturated heterocycles. The van der Waals surface area contributed by atoms with Gasteiger partial charge in [-0.05, 0) is 55.7 Å². The summed E-state index contributed by atoms with van der Waals surface area (Å²) in [6, 6.07) is 15.4. The van der Waals surface area contributed by atoms with Crippen LogP contribution in [0.5, 0.6) is 17.2 Å². The minimum atomic E-state index is -4.42. The number of hydrogen-bond acceptors (Lipinski definition) is 7. The smallest absolute Gasteiger partial charge is 0.265 e. The molecular weight excluding hydrogens is 606 g/mol. The van der Waals surface area contributed by atoms with Crippen molar-refractivity contribution in [3.05, 3.63) is 76.8 Å². The number of rotatable bonds is 15. The summed E-state index contributed by atoms with van der Waals surface area (Å²) in [7, 11) is -0.193. The van der Waals surface area contributed by atoms with Gasteiger partial charge in [-0.2, -0.15) is 0 Å². The number of benzene rings is 3. The van der Waals surface area contributed by atoms with E-state index in [-0.39, 0.29) is 39.6 Å². The van der Waals surface area contributed by atoms with E-state index in [4.69, 9.17) is 25.8 Å². The molecule has 0 heterocycles. The summed E-state index contributed by atoms with van der Waals surface area (Å²) < 4.78 is 45.7. The van der Waals surface area contributed by atoms with Gasteiger partial charge in [0.1, 0.15) is 18.3 Å². The van der Waals surface area contributed by atoms with Crippen LogP contribution < -0.4 is 23.8 Å². The van der Waals surface area contributed by atoms with E-state index in [1.165, 1.54) is 56.6 Å². The summed E-state index contributed by atoms with van der Waals surface area (Å²) >= 11 is 6.32. The Balaban J connectivity index is 2.17. The van der Waals surface area contributed by atoms with Crippen molar-refractivity contribution in [2.24, 2.45) is 0 Å². The number of methoxy groups -OCH3 is 3. The second-order valence-electron chi connectivity index (χ2n) is 10.1. The van der Waals surface area contributed by atoms with Crippen LogP contribution in [0.4, 0.5) is 5.69 Å². The molecule has 238 valence electrons. The summed E-state index contributed by atoms with van der Waals surface area (Å²) in [5, 5.41) is 3.12. The minimum Gasteiger partial charge on any atom is -0.495 e. The van der Waals surface area contributed by atoms with Crippen molar-refractivity contribution in [2.45, 2.75) is 51.1 Å². The molecule has 0 bridgehead atoms. The first-order chi connectivity index (χ1) is 21.0. The predicted molar refractivity (Wildman–Crippen MR) is 171 cm³/mol. The number of nitrogens with one attached hydrogen (secondary N) is 1. The lowest BCUT2D eigenvalue weighted by Crippen LogP contribution is -2.52. The largest absolute Gasteiger partial charge is 0.495 e. The molecule has 10 nitrogen and oxygen atoms in total. The Labute approximate surface area is 264 Å². The lowest BCUT2D eigenvalue weighted by Gasteiger charge is -2.33. The second-order valence-corrected chi connectivity index (χ2v) is 12.4. The summed E-state index contributed by atoms with van der Waals surface area (Å²) in [4.78, 5) is 28.9. The molecule has 3 rings (SSSR count). The molecule has 1 unspecified atom stereocenters. The molecule has 1 atom stereocenters. The number of nitrogens with zero attached hydrogens (tertiary/aromatic N) is 2. The van der Waals surface area contributed by atoms with Crippen LogP contribution in [0, 0.1) is 6.92 Å². The number of carbonyl (C=O) groups is 2. The molecule has 0 spiro atoms. The third kappa shape index (κ3) is 8.15. The van der Waals surface area contributed by atoms with E-state index < -0.39 is 28.5 Å². The highest BCUT2D eigenvalue weighted by Gasteiger charge is 2.35. The molecular formula is C32H40ClN3O7S. The molecule has 3 aromatic carbocycles. The van der Waals surface area contributed by atoms with Gasteiger partial charge >= 0.3 is 0 Å². The molecule has 44 heavy (non-hydrogen) atoms. The topological polar surface area (TPSA) is 114 Å². The molecule has 0 aliphatic rings. The van der Waals surface area contributed by atoms with E-state index in [9.17, 15) is 18.0 Å². The van der Waals surface area contributed by atoms with Crippen LogP contribution in [0.1, 0.15) is 37.8 Å². The molecule has 12 heteroatoms. The second kappa shape index (κ2) is 15.7. The first-order valence-corrected chi connectivity index (χ1v) is 16.0. The fourth-order valence-corrected chi connectivity index (χ4v) is 6.37. The monoisotopic (exact) mass is 645 g/mol. The van der Waals surface area contributed by atoms with Gasteiger partial charge in [0.15, 0.2) is 11.5 Å². The Morgan fingerprint density at radius 2 is 1.59 bits per heavy atom. The number of anilines is 1. The maximum absolute atomic E-state index is 14.3. The summed E-state index contributed by atoms with van der Waals surface area (Å²) in [5.74, 6) is -0.189. The summed E-state index contributed by atoms with van der Waals surface area (Å²) in [5.41, 5.74) is 1.84. The van der Waals surface area contributed by atoms with Crippen LogP contribution in [0.25, 0.3) is 0 Å². The molecule has 0 fully saturated rings. The fraction of sp³-hybridized carbons (Fsp3) is 0.375. The molecule has 2 amide bonds. The quantitative estimate of drug-likeness (QED) is 0.242. The minimum absolute atomic E-state index is 0.0575. The SMILES string of the molecule is CCCNC(=O)C(CC)N(Cc1cccc(C)c1)C(=O)CN(c1cc(Cl)ccc1OC)S(=O)(=O)c1ccc(OC)c(OC)c1. The molecule has 1 N–H and O–H groups in total. The lowest BCUT2D eigenvalue weighted by molar-refractivity contribution is -0.140. The Morgan fingerprint density at radius 3 is 2.20 bits per heavy atom. The van der Waals surface area contributed by atoms with Crippen molar-refractivity contribution in [1.82, 2.24) is 10.2 Å². The van der Waals surface area contributed by atoms with Crippen LogP contribution in [0.2, 0.25) is 5.02 Å². The standard InChI is InChI=1S/C32H40ClN3O7S/c1-7-16-34-32(38)26(8-2)35(20-23-11-9-10-22(3)17-23)31(37)21-36(27-18-24(33)12-14-28(27)41-4)44(39,40)25-13-15-29(42-5)30(19-25)43-6/h9-15,17-19,26H,7-8,16,20-21H2,1-6H3,(H,34,38). The molecule has 0 aliphatic heterocycles. The number of ether oxygens (including phenoxy) is 3. The van der Waals surface area contributed by atoms with E-state index >= 15 is 0 Å². The van der Waals surface area contributed by atoms with Crippen molar-refractivity contribution in [1.29, 1.82) is 0 Å². The lowest BCUT2D eigenvalue weighted by atomic mass is 10.1. The first-order valence-electron chi connectivity index (χ1n) is 14.2. The van der Waals surface area contributed by atoms with Crippen LogP contribution >= 0.6 is 11.6 Å². The molecule has 0 radical (unpaired) electrons. The number of hydrogen-bond donors (Lipinski definition) is 1. The highest BCUT2D eigenvalue weighted by Crippen LogP contribution is 2.37. The Morgan fingerprint density at radius 1 is 0.909 bits per heavy atom. The average Bonchev–Trinajstić information content (AvgIpc) is 3.01. The Hall–Kier alpha value is -3.96. The number of carbonyl (C=O) groups excluding carboxylic acids is 2. The molecule has 0 aliphatic carbocycles. The van der Waals surface area contributed by atoms with Gasteiger partial charge in [-0.25, -0.2) is 8.42 Å². The van der Waals surface area contributed by atoms with Gasteiger partial charge in [0, 0.05) is 24.2 Å².